The van der Waals surface area contributed by atoms with Crippen LogP contribution in [0.4, 0.5) is 0 Å². The van der Waals surface area contributed by atoms with Crippen molar-refractivity contribution < 1.29 is 0 Å². The fourth-order valence-corrected chi connectivity index (χ4v) is 2.86. The van der Waals surface area contributed by atoms with Gasteiger partial charge in [-0.1, -0.05) is 19.1 Å². The van der Waals surface area contributed by atoms with E-state index in [1.165, 1.54) is 25.9 Å². The Bertz CT molecular complexity index is 224. The summed E-state index contributed by atoms with van der Waals surface area (Å²) in [6.07, 6.45) is 3.61. The van der Waals surface area contributed by atoms with Gasteiger partial charge < -0.3 is 10.6 Å². The summed E-state index contributed by atoms with van der Waals surface area (Å²) in [5.41, 5.74) is 5.76. The second-order valence-corrected chi connectivity index (χ2v) is 5.48. The molecule has 0 aromatic rings. The lowest BCUT2D eigenvalue weighted by molar-refractivity contribution is 0.166. The van der Waals surface area contributed by atoms with Gasteiger partial charge in [-0.3, -0.25) is 4.90 Å². The molecule has 1 saturated heterocycles. The molecule has 1 heterocycles. The number of likely N-dealkylation sites (N-methyl/N-ethyl adjacent to an activating group) is 1. The van der Waals surface area contributed by atoms with Crippen molar-refractivity contribution in [3.05, 3.63) is 0 Å². The molecule has 16 heavy (non-hydrogen) atoms. The molecule has 3 nitrogen and oxygen atoms in total. The molecule has 1 fully saturated rings. The highest BCUT2D eigenvalue weighted by molar-refractivity contribution is 7.80. The van der Waals surface area contributed by atoms with E-state index in [1.54, 1.807) is 0 Å². The van der Waals surface area contributed by atoms with E-state index in [4.69, 9.17) is 18.0 Å². The van der Waals surface area contributed by atoms with Gasteiger partial charge in [-0.05, 0) is 52.4 Å². The highest BCUT2D eigenvalue weighted by Crippen LogP contribution is 2.18. The van der Waals surface area contributed by atoms with Crippen LogP contribution < -0.4 is 5.73 Å². The van der Waals surface area contributed by atoms with Crippen LogP contribution in [0.3, 0.4) is 0 Å². The summed E-state index contributed by atoms with van der Waals surface area (Å²) in [7, 11) is 4.34. The van der Waals surface area contributed by atoms with Gasteiger partial charge in [-0.15, -0.1) is 0 Å². The SMILES string of the molecule is CCC(C(N)=S)N(C)CC1CCN(C)CC1. The van der Waals surface area contributed by atoms with Gasteiger partial charge in [-0.25, -0.2) is 0 Å². The van der Waals surface area contributed by atoms with E-state index >= 15 is 0 Å². The zero-order valence-corrected chi connectivity index (χ0v) is 11.6. The molecule has 0 aliphatic carbocycles. The topological polar surface area (TPSA) is 32.5 Å². The predicted molar refractivity (Wildman–Crippen MR) is 73.7 cm³/mol. The third-order valence-electron chi connectivity index (χ3n) is 3.63. The van der Waals surface area contributed by atoms with Crippen molar-refractivity contribution in [2.45, 2.75) is 32.2 Å². The van der Waals surface area contributed by atoms with Gasteiger partial charge in [-0.2, -0.15) is 0 Å². The molecule has 1 aliphatic heterocycles. The molecule has 0 aromatic heterocycles. The lowest BCUT2D eigenvalue weighted by Crippen LogP contribution is -2.44. The minimum Gasteiger partial charge on any atom is -0.392 e. The van der Waals surface area contributed by atoms with Crippen LogP contribution in [0.1, 0.15) is 26.2 Å². The molecule has 2 N–H and O–H groups in total. The Balaban J connectivity index is 2.38. The number of nitrogens with two attached hydrogens (primary N) is 1. The van der Waals surface area contributed by atoms with Gasteiger partial charge in [0.15, 0.2) is 0 Å². The van der Waals surface area contributed by atoms with E-state index in [0.29, 0.717) is 4.99 Å². The minimum absolute atomic E-state index is 0.273. The number of rotatable bonds is 5. The van der Waals surface area contributed by atoms with E-state index in [2.05, 4.69) is 30.8 Å². The van der Waals surface area contributed by atoms with E-state index < -0.39 is 0 Å². The molecule has 0 amide bonds. The first kappa shape index (κ1) is 13.9. The molecule has 0 spiro atoms. The summed E-state index contributed by atoms with van der Waals surface area (Å²) >= 11 is 5.11. The Hall–Kier alpha value is -0.190. The average Bonchev–Trinajstić information content (AvgIpc) is 2.22. The maximum Gasteiger partial charge on any atom is 0.0901 e. The number of nitrogens with zero attached hydrogens (tertiary/aromatic N) is 2. The second-order valence-electron chi connectivity index (χ2n) is 5.01. The summed E-state index contributed by atoms with van der Waals surface area (Å²) in [6.45, 7) is 5.73. The van der Waals surface area contributed by atoms with Crippen molar-refractivity contribution in [3.63, 3.8) is 0 Å². The lowest BCUT2D eigenvalue weighted by atomic mass is 9.96. The Morgan fingerprint density at radius 2 is 2.06 bits per heavy atom. The molecule has 1 unspecified atom stereocenters. The van der Waals surface area contributed by atoms with Crippen molar-refractivity contribution >= 4 is 17.2 Å². The summed E-state index contributed by atoms with van der Waals surface area (Å²) in [4.78, 5) is 5.37. The van der Waals surface area contributed by atoms with E-state index in [-0.39, 0.29) is 6.04 Å². The molecular weight excluding hydrogens is 218 g/mol. The molecule has 0 bridgehead atoms. The third-order valence-corrected chi connectivity index (χ3v) is 3.90. The fourth-order valence-electron chi connectivity index (χ4n) is 2.51. The van der Waals surface area contributed by atoms with Crippen molar-refractivity contribution in [3.8, 4) is 0 Å². The van der Waals surface area contributed by atoms with Crippen LogP contribution in [0, 0.1) is 5.92 Å². The van der Waals surface area contributed by atoms with Crippen LogP contribution in [0.5, 0.6) is 0 Å². The Kier molecular flexibility index (Phi) is 5.66. The second kappa shape index (κ2) is 6.52. The Morgan fingerprint density at radius 3 is 2.50 bits per heavy atom. The first-order valence-electron chi connectivity index (χ1n) is 6.22. The summed E-state index contributed by atoms with van der Waals surface area (Å²) in [6, 6.07) is 0.273. The minimum atomic E-state index is 0.273. The van der Waals surface area contributed by atoms with Crippen LogP contribution in [-0.2, 0) is 0 Å². The van der Waals surface area contributed by atoms with Crippen molar-refractivity contribution in [2.24, 2.45) is 11.7 Å². The maximum atomic E-state index is 5.76. The molecule has 0 saturated carbocycles. The number of likely N-dealkylation sites (tertiary alicyclic amines) is 1. The smallest absolute Gasteiger partial charge is 0.0901 e. The number of thiocarbonyl (C=S) groups is 1. The Morgan fingerprint density at radius 1 is 1.50 bits per heavy atom. The van der Waals surface area contributed by atoms with Gasteiger partial charge in [0.25, 0.3) is 0 Å². The predicted octanol–water partition coefficient (Wildman–Crippen LogP) is 1.32. The molecule has 1 aliphatic rings. The standard InChI is InChI=1S/C12H25N3S/c1-4-11(12(13)16)15(3)9-10-5-7-14(2)8-6-10/h10-11H,4-9H2,1-3H3,(H2,13,16). The summed E-state index contributed by atoms with van der Waals surface area (Å²) < 4.78 is 0. The lowest BCUT2D eigenvalue weighted by Gasteiger charge is -2.34. The van der Waals surface area contributed by atoms with Crippen LogP contribution in [0.25, 0.3) is 0 Å². The van der Waals surface area contributed by atoms with Gasteiger partial charge in [0, 0.05) is 6.54 Å². The van der Waals surface area contributed by atoms with E-state index in [1.807, 2.05) is 0 Å². The fraction of sp³-hybridized carbons (Fsp3) is 0.917. The molecule has 94 valence electrons. The van der Waals surface area contributed by atoms with E-state index in [0.717, 1.165) is 18.9 Å². The van der Waals surface area contributed by atoms with Crippen molar-refractivity contribution in [2.75, 3.05) is 33.7 Å². The molecular formula is C12H25N3S. The maximum absolute atomic E-state index is 5.76. The molecule has 4 heteroatoms. The van der Waals surface area contributed by atoms with Gasteiger partial charge in [0.2, 0.25) is 0 Å². The van der Waals surface area contributed by atoms with Crippen LogP contribution in [0.2, 0.25) is 0 Å². The number of hydrogen-bond acceptors (Lipinski definition) is 3. The largest absolute Gasteiger partial charge is 0.392 e. The first-order chi connectivity index (χ1) is 7.54. The highest BCUT2D eigenvalue weighted by Gasteiger charge is 2.22. The highest BCUT2D eigenvalue weighted by atomic mass is 32.1. The van der Waals surface area contributed by atoms with Crippen molar-refractivity contribution in [1.29, 1.82) is 0 Å². The third kappa shape index (κ3) is 4.00. The van der Waals surface area contributed by atoms with Gasteiger partial charge in [0.1, 0.15) is 0 Å². The number of piperidine rings is 1. The monoisotopic (exact) mass is 243 g/mol. The molecule has 1 rings (SSSR count). The summed E-state index contributed by atoms with van der Waals surface area (Å²) in [5, 5.41) is 0. The molecule has 1 atom stereocenters. The molecule has 0 radical (unpaired) electrons. The van der Waals surface area contributed by atoms with E-state index in [9.17, 15) is 0 Å². The average molecular weight is 243 g/mol. The quantitative estimate of drug-likeness (QED) is 0.738. The van der Waals surface area contributed by atoms with Crippen LogP contribution in [0.15, 0.2) is 0 Å². The van der Waals surface area contributed by atoms with Crippen LogP contribution in [-0.4, -0.2) is 54.6 Å². The molecule has 0 aromatic carbocycles. The number of hydrogen-bond donors (Lipinski definition) is 1. The van der Waals surface area contributed by atoms with Crippen molar-refractivity contribution in [1.82, 2.24) is 9.80 Å². The van der Waals surface area contributed by atoms with Gasteiger partial charge >= 0.3 is 0 Å². The zero-order valence-electron chi connectivity index (χ0n) is 10.8. The Labute approximate surface area is 105 Å². The normalized spacial score (nSPS) is 21.2. The zero-order chi connectivity index (χ0) is 12.1. The van der Waals surface area contributed by atoms with Gasteiger partial charge in [0.05, 0.1) is 11.0 Å². The summed E-state index contributed by atoms with van der Waals surface area (Å²) in [5.74, 6) is 0.810. The van der Waals surface area contributed by atoms with Crippen LogP contribution >= 0.6 is 12.2 Å². The first-order valence-corrected chi connectivity index (χ1v) is 6.63.